The van der Waals surface area contributed by atoms with E-state index >= 15 is 0 Å². The first-order valence-corrected chi connectivity index (χ1v) is 9.09. The van der Waals surface area contributed by atoms with Crippen molar-refractivity contribution in [3.05, 3.63) is 49.6 Å². The molecule has 0 amide bonds. The number of fused-ring (bicyclic) bond motifs is 1. The quantitative estimate of drug-likeness (QED) is 0.647. The molecule has 0 spiro atoms. The Morgan fingerprint density at radius 1 is 1.24 bits per heavy atom. The van der Waals surface area contributed by atoms with Gasteiger partial charge in [0, 0.05) is 18.0 Å². The van der Waals surface area contributed by atoms with E-state index in [2.05, 4.69) is 18.3 Å². The molecule has 0 saturated carbocycles. The minimum Gasteiger partial charge on any atom is -0.310 e. The lowest BCUT2D eigenvalue weighted by Gasteiger charge is -2.16. The molecule has 0 aliphatic heterocycles. The molecule has 1 N–H and O–H groups in total. The van der Waals surface area contributed by atoms with Crippen molar-refractivity contribution in [2.24, 2.45) is 0 Å². The van der Waals surface area contributed by atoms with E-state index in [0.29, 0.717) is 0 Å². The first-order valence-electron chi connectivity index (χ1n) is 6.70. The van der Waals surface area contributed by atoms with Gasteiger partial charge in [-0.1, -0.05) is 42.3 Å². The zero-order chi connectivity index (χ0) is 14.8. The third-order valence-electron chi connectivity index (χ3n) is 3.23. The van der Waals surface area contributed by atoms with Crippen molar-refractivity contribution in [1.29, 1.82) is 0 Å². The first-order chi connectivity index (χ1) is 10.2. The lowest BCUT2D eigenvalue weighted by atomic mass is 10.1. The van der Waals surface area contributed by atoms with Gasteiger partial charge in [-0.15, -0.1) is 22.7 Å². The summed E-state index contributed by atoms with van der Waals surface area (Å²) in [5, 5.41) is 4.59. The molecule has 0 fully saturated rings. The fourth-order valence-electron chi connectivity index (χ4n) is 2.31. The van der Waals surface area contributed by atoms with E-state index in [0.717, 1.165) is 37.7 Å². The second kappa shape index (κ2) is 6.63. The van der Waals surface area contributed by atoms with Crippen molar-refractivity contribution < 1.29 is 0 Å². The SMILES string of the molecule is CCNC(Cc1nc2ccccc2s1)c1cc(Cl)sc1Cl. The van der Waals surface area contributed by atoms with E-state index in [9.17, 15) is 0 Å². The molecule has 2 nitrogen and oxygen atoms in total. The molecule has 21 heavy (non-hydrogen) atoms. The molecule has 0 aliphatic carbocycles. The van der Waals surface area contributed by atoms with Gasteiger partial charge < -0.3 is 5.32 Å². The largest absolute Gasteiger partial charge is 0.310 e. The molecule has 0 bridgehead atoms. The Hall–Kier alpha value is -0.650. The molecular weight excluding hydrogens is 343 g/mol. The number of nitrogens with zero attached hydrogens (tertiary/aromatic N) is 1. The molecule has 1 atom stereocenters. The van der Waals surface area contributed by atoms with Crippen molar-refractivity contribution in [3.63, 3.8) is 0 Å². The highest BCUT2D eigenvalue weighted by molar-refractivity contribution is 7.20. The van der Waals surface area contributed by atoms with Crippen molar-refractivity contribution >= 4 is 56.1 Å². The number of thiophene rings is 1. The molecule has 1 aromatic carbocycles. The number of aromatic nitrogens is 1. The maximum Gasteiger partial charge on any atom is 0.0992 e. The first kappa shape index (κ1) is 15.3. The Balaban J connectivity index is 1.89. The Morgan fingerprint density at radius 2 is 2.05 bits per heavy atom. The number of likely N-dealkylation sites (N-methyl/N-ethyl adjacent to an activating group) is 1. The smallest absolute Gasteiger partial charge is 0.0992 e. The van der Waals surface area contributed by atoms with Gasteiger partial charge in [0.15, 0.2) is 0 Å². The van der Waals surface area contributed by atoms with Crippen LogP contribution in [0.2, 0.25) is 8.67 Å². The predicted molar refractivity (Wildman–Crippen MR) is 94.1 cm³/mol. The van der Waals surface area contributed by atoms with E-state index in [4.69, 9.17) is 28.2 Å². The summed E-state index contributed by atoms with van der Waals surface area (Å²) in [4.78, 5) is 4.70. The van der Waals surface area contributed by atoms with E-state index in [-0.39, 0.29) is 6.04 Å². The second-order valence-electron chi connectivity index (χ2n) is 4.67. The van der Waals surface area contributed by atoms with Crippen LogP contribution in [0.4, 0.5) is 0 Å². The molecule has 1 unspecified atom stereocenters. The Kier molecular flexibility index (Phi) is 4.82. The lowest BCUT2D eigenvalue weighted by Crippen LogP contribution is -2.22. The summed E-state index contributed by atoms with van der Waals surface area (Å²) in [7, 11) is 0. The summed E-state index contributed by atoms with van der Waals surface area (Å²) >= 11 is 15.5. The van der Waals surface area contributed by atoms with E-state index < -0.39 is 0 Å². The van der Waals surface area contributed by atoms with Gasteiger partial charge in [0.2, 0.25) is 0 Å². The average molecular weight is 357 g/mol. The molecule has 0 saturated heterocycles. The van der Waals surface area contributed by atoms with Gasteiger partial charge in [0.25, 0.3) is 0 Å². The van der Waals surface area contributed by atoms with Gasteiger partial charge >= 0.3 is 0 Å². The summed E-state index contributed by atoms with van der Waals surface area (Å²) in [5.41, 5.74) is 2.12. The predicted octanol–water partition coefficient (Wildman–Crippen LogP) is 5.56. The molecule has 2 aromatic heterocycles. The van der Waals surface area contributed by atoms with Crippen LogP contribution in [0.25, 0.3) is 10.2 Å². The number of halogens is 2. The van der Waals surface area contributed by atoms with Gasteiger partial charge in [-0.3, -0.25) is 0 Å². The maximum absolute atomic E-state index is 6.30. The van der Waals surface area contributed by atoms with Crippen LogP contribution >= 0.6 is 45.9 Å². The Labute approximate surface area is 141 Å². The molecule has 3 rings (SSSR count). The number of hydrogen-bond acceptors (Lipinski definition) is 4. The zero-order valence-electron chi connectivity index (χ0n) is 11.4. The molecule has 0 radical (unpaired) electrons. The molecule has 3 aromatic rings. The second-order valence-corrected chi connectivity index (χ2v) is 8.07. The number of nitrogens with one attached hydrogen (secondary N) is 1. The van der Waals surface area contributed by atoms with Crippen molar-refractivity contribution in [1.82, 2.24) is 10.3 Å². The lowest BCUT2D eigenvalue weighted by molar-refractivity contribution is 0.550. The Morgan fingerprint density at radius 3 is 2.71 bits per heavy atom. The number of benzene rings is 1. The zero-order valence-corrected chi connectivity index (χ0v) is 14.5. The number of rotatable bonds is 5. The Bertz CT molecular complexity index is 718. The van der Waals surface area contributed by atoms with Crippen LogP contribution in [0.3, 0.4) is 0 Å². The molecule has 6 heteroatoms. The number of hydrogen-bond donors (Lipinski definition) is 1. The highest BCUT2D eigenvalue weighted by atomic mass is 35.5. The van der Waals surface area contributed by atoms with Crippen LogP contribution < -0.4 is 5.32 Å². The minimum atomic E-state index is 0.145. The van der Waals surface area contributed by atoms with Gasteiger partial charge in [0.1, 0.15) is 0 Å². The summed E-state index contributed by atoms with van der Waals surface area (Å²) in [6, 6.07) is 10.3. The van der Waals surface area contributed by atoms with E-state index in [1.165, 1.54) is 16.0 Å². The summed E-state index contributed by atoms with van der Waals surface area (Å²) in [6.45, 7) is 2.96. The third kappa shape index (κ3) is 3.41. The van der Waals surface area contributed by atoms with Crippen molar-refractivity contribution in [2.45, 2.75) is 19.4 Å². The summed E-state index contributed by atoms with van der Waals surface area (Å²) in [6.07, 6.45) is 0.819. The highest BCUT2D eigenvalue weighted by Gasteiger charge is 2.19. The van der Waals surface area contributed by atoms with Crippen LogP contribution in [-0.4, -0.2) is 11.5 Å². The van der Waals surface area contributed by atoms with Crippen molar-refractivity contribution in [3.8, 4) is 0 Å². The maximum atomic E-state index is 6.30. The monoisotopic (exact) mass is 356 g/mol. The topological polar surface area (TPSA) is 24.9 Å². The molecule has 110 valence electrons. The van der Waals surface area contributed by atoms with Crippen molar-refractivity contribution in [2.75, 3.05) is 6.54 Å². The standard InChI is InChI=1S/C15H14Cl2N2S2/c1-2-18-11(9-7-13(16)21-15(9)17)8-14-19-10-5-3-4-6-12(10)20-14/h3-7,11,18H,2,8H2,1H3. The fraction of sp³-hybridized carbons (Fsp3) is 0.267. The fourth-order valence-corrected chi connectivity index (χ4v) is 4.90. The summed E-state index contributed by atoms with van der Waals surface area (Å²) < 4.78 is 2.70. The minimum absolute atomic E-state index is 0.145. The third-order valence-corrected chi connectivity index (χ3v) is 5.80. The average Bonchev–Trinajstić information content (AvgIpc) is 3.00. The van der Waals surface area contributed by atoms with Crippen LogP contribution in [0, 0.1) is 0 Å². The van der Waals surface area contributed by atoms with Gasteiger partial charge in [-0.25, -0.2) is 4.98 Å². The van der Waals surface area contributed by atoms with E-state index in [1.807, 2.05) is 24.3 Å². The van der Waals surface area contributed by atoms with Crippen LogP contribution in [0.5, 0.6) is 0 Å². The number of thiazole rings is 1. The highest BCUT2D eigenvalue weighted by Crippen LogP contribution is 2.37. The van der Waals surface area contributed by atoms with Crippen LogP contribution in [0.1, 0.15) is 23.5 Å². The number of para-hydroxylation sites is 1. The molecule has 0 aliphatic rings. The molecule has 2 heterocycles. The summed E-state index contributed by atoms with van der Waals surface area (Å²) in [5.74, 6) is 0. The van der Waals surface area contributed by atoms with Gasteiger partial charge in [-0.05, 0) is 24.7 Å². The van der Waals surface area contributed by atoms with Crippen LogP contribution in [0.15, 0.2) is 30.3 Å². The normalized spacial score (nSPS) is 12.9. The van der Waals surface area contributed by atoms with Gasteiger partial charge in [-0.2, -0.15) is 0 Å². The van der Waals surface area contributed by atoms with E-state index in [1.54, 1.807) is 11.3 Å². The molecular formula is C15H14Cl2N2S2. The van der Waals surface area contributed by atoms with Gasteiger partial charge in [0.05, 0.1) is 23.9 Å². The van der Waals surface area contributed by atoms with Crippen LogP contribution in [-0.2, 0) is 6.42 Å².